The molecule has 6 nitrogen and oxygen atoms in total. The van der Waals surface area contributed by atoms with E-state index in [1.165, 1.54) is 12.1 Å². The molecular weight excluding hydrogens is 404 g/mol. The molecule has 132 valence electrons. The minimum atomic E-state index is -0.417. The largest absolute Gasteiger partial charge is 0.270 e. The van der Waals surface area contributed by atoms with E-state index in [-0.39, 0.29) is 11.4 Å². The highest BCUT2D eigenvalue weighted by Crippen LogP contribution is 2.59. The molecule has 0 N–H and O–H groups in total. The molecule has 0 bridgehead atoms. The lowest BCUT2D eigenvalue weighted by Crippen LogP contribution is -1.91. The van der Waals surface area contributed by atoms with Crippen LogP contribution in [0, 0.1) is 20.2 Å². The van der Waals surface area contributed by atoms with E-state index in [9.17, 15) is 20.2 Å². The number of non-ortho nitro benzene ring substituents is 2. The van der Waals surface area contributed by atoms with Crippen molar-refractivity contribution < 1.29 is 9.85 Å². The van der Waals surface area contributed by atoms with Crippen molar-refractivity contribution in [3.05, 3.63) is 82.8 Å². The molecule has 5 rings (SSSR count). The molecule has 2 aromatic carbocycles. The summed E-state index contributed by atoms with van der Waals surface area (Å²) in [5.74, 6) is 0. The normalized spacial score (nSPS) is 14.1. The summed E-state index contributed by atoms with van der Waals surface area (Å²) in [6, 6.07) is 9.54. The highest BCUT2D eigenvalue weighted by atomic mass is 32.2. The van der Waals surface area contributed by atoms with Gasteiger partial charge >= 0.3 is 0 Å². The van der Waals surface area contributed by atoms with E-state index in [1.807, 2.05) is 0 Å². The number of nitrogens with zero attached hydrogens (tertiary/aromatic N) is 2. The lowest BCUT2D eigenvalue weighted by Gasteiger charge is -2.06. The maximum absolute atomic E-state index is 11.3. The molecule has 1 aliphatic heterocycles. The smallest absolute Gasteiger partial charge is 0.258 e. The quantitative estimate of drug-likeness (QED) is 0.289. The van der Waals surface area contributed by atoms with Crippen molar-refractivity contribution in [3.63, 3.8) is 0 Å². The second kappa shape index (κ2) is 5.95. The second-order valence-electron chi connectivity index (χ2n) is 5.94. The van der Waals surface area contributed by atoms with Crippen molar-refractivity contribution in [1.29, 1.82) is 0 Å². The molecular formula is C18H8N2O4S3. The molecule has 0 fully saturated rings. The first kappa shape index (κ1) is 16.5. The van der Waals surface area contributed by atoms with E-state index in [0.717, 1.165) is 41.9 Å². The molecule has 1 aliphatic carbocycles. The predicted octanol–water partition coefficient (Wildman–Crippen LogP) is 6.16. The first-order chi connectivity index (χ1) is 13.0. The van der Waals surface area contributed by atoms with E-state index in [2.05, 4.69) is 10.8 Å². The Bertz CT molecular complexity index is 1110. The summed E-state index contributed by atoms with van der Waals surface area (Å²) >= 11 is 4.85. The molecule has 2 aliphatic rings. The maximum Gasteiger partial charge on any atom is 0.270 e. The molecule has 2 heterocycles. The average Bonchev–Trinajstić information content (AvgIpc) is 3.31. The van der Waals surface area contributed by atoms with Crippen LogP contribution in [0.1, 0.15) is 11.1 Å². The Kier molecular flexibility index (Phi) is 3.64. The Labute approximate surface area is 165 Å². The molecule has 0 unspecified atom stereocenters. The molecule has 0 saturated carbocycles. The molecule has 1 aromatic heterocycles. The molecule has 0 saturated heterocycles. The van der Waals surface area contributed by atoms with Crippen molar-refractivity contribution in [2.75, 3.05) is 0 Å². The fourth-order valence-electron chi connectivity index (χ4n) is 3.29. The van der Waals surface area contributed by atoms with E-state index in [4.69, 9.17) is 0 Å². The van der Waals surface area contributed by atoms with Gasteiger partial charge in [-0.15, -0.1) is 0 Å². The summed E-state index contributed by atoms with van der Waals surface area (Å²) in [5, 5.41) is 26.7. The lowest BCUT2D eigenvalue weighted by atomic mass is 10.1. The molecule has 0 atom stereocenters. The number of thiophene rings is 1. The highest BCUT2D eigenvalue weighted by Gasteiger charge is 2.32. The Hall–Kier alpha value is -2.62. The number of thioether (sulfide) groups is 2. The lowest BCUT2D eigenvalue weighted by molar-refractivity contribution is -0.385. The van der Waals surface area contributed by atoms with Crippen molar-refractivity contribution in [3.8, 4) is 11.1 Å². The van der Waals surface area contributed by atoms with Gasteiger partial charge in [0.15, 0.2) is 0 Å². The van der Waals surface area contributed by atoms with Gasteiger partial charge in [-0.1, -0.05) is 23.5 Å². The van der Waals surface area contributed by atoms with Gasteiger partial charge in [0.2, 0.25) is 0 Å². The van der Waals surface area contributed by atoms with Crippen molar-refractivity contribution >= 4 is 51.8 Å². The highest BCUT2D eigenvalue weighted by molar-refractivity contribution is 8.25. The van der Waals surface area contributed by atoms with E-state index < -0.39 is 9.85 Å². The van der Waals surface area contributed by atoms with Gasteiger partial charge in [-0.3, -0.25) is 20.2 Å². The van der Waals surface area contributed by atoms with Gasteiger partial charge in [0.1, 0.15) is 0 Å². The minimum Gasteiger partial charge on any atom is -0.258 e. The number of hydrogen-bond acceptors (Lipinski definition) is 7. The van der Waals surface area contributed by atoms with E-state index in [0.29, 0.717) is 0 Å². The third-order valence-corrected chi connectivity index (χ3v) is 8.02. The van der Waals surface area contributed by atoms with Gasteiger partial charge in [-0.2, -0.15) is 11.3 Å². The molecule has 3 aromatic rings. The van der Waals surface area contributed by atoms with Crippen LogP contribution in [0.4, 0.5) is 11.4 Å². The zero-order valence-corrected chi connectivity index (χ0v) is 15.8. The van der Waals surface area contributed by atoms with Crippen LogP contribution >= 0.6 is 34.9 Å². The second-order valence-corrected chi connectivity index (χ2v) is 9.05. The number of benzene rings is 2. The number of rotatable bonds is 2. The van der Waals surface area contributed by atoms with Crippen LogP contribution < -0.4 is 0 Å². The first-order valence-corrected chi connectivity index (χ1v) is 10.3. The number of nitro groups is 2. The molecule has 9 heteroatoms. The molecule has 0 spiro atoms. The van der Waals surface area contributed by atoms with Crippen molar-refractivity contribution in [2.45, 2.75) is 9.79 Å². The van der Waals surface area contributed by atoms with Gasteiger partial charge in [0, 0.05) is 50.4 Å². The van der Waals surface area contributed by atoms with Crippen LogP contribution in [0.5, 0.6) is 0 Å². The zero-order chi connectivity index (χ0) is 18.7. The van der Waals surface area contributed by atoms with Crippen LogP contribution in [-0.2, 0) is 0 Å². The van der Waals surface area contributed by atoms with Crippen LogP contribution in [0.25, 0.3) is 16.7 Å². The topological polar surface area (TPSA) is 86.3 Å². The summed E-state index contributed by atoms with van der Waals surface area (Å²) in [4.78, 5) is 24.0. The summed E-state index contributed by atoms with van der Waals surface area (Å²) in [6.45, 7) is 0. The van der Waals surface area contributed by atoms with Crippen LogP contribution in [0.2, 0.25) is 0 Å². The Balaban J connectivity index is 1.78. The minimum absolute atomic E-state index is 0.0105. The number of fused-ring (bicyclic) bond motifs is 4. The van der Waals surface area contributed by atoms with Gasteiger partial charge in [0.05, 0.1) is 14.1 Å². The number of hydrogen-bond donors (Lipinski definition) is 0. The fraction of sp³-hybridized carbons (Fsp3) is 0. The number of nitro benzene ring substituents is 2. The van der Waals surface area contributed by atoms with Gasteiger partial charge in [0.25, 0.3) is 11.4 Å². The van der Waals surface area contributed by atoms with Gasteiger partial charge in [-0.05, 0) is 34.4 Å². The average molecular weight is 412 g/mol. The Morgan fingerprint density at radius 3 is 1.63 bits per heavy atom. The van der Waals surface area contributed by atoms with Crippen LogP contribution in [0.3, 0.4) is 0 Å². The van der Waals surface area contributed by atoms with Crippen LogP contribution in [-0.4, -0.2) is 9.85 Å². The fourth-order valence-corrected chi connectivity index (χ4v) is 7.04. The van der Waals surface area contributed by atoms with Gasteiger partial charge in [-0.25, -0.2) is 0 Å². The summed E-state index contributed by atoms with van der Waals surface area (Å²) in [7, 11) is 0. The Morgan fingerprint density at radius 2 is 1.19 bits per heavy atom. The zero-order valence-electron chi connectivity index (χ0n) is 13.4. The van der Waals surface area contributed by atoms with E-state index in [1.54, 1.807) is 59.1 Å². The van der Waals surface area contributed by atoms with Crippen LogP contribution in [0.15, 0.2) is 61.2 Å². The van der Waals surface area contributed by atoms with E-state index >= 15 is 0 Å². The summed E-state index contributed by atoms with van der Waals surface area (Å²) in [6.07, 6.45) is 0. The standard InChI is InChI=1S/C18H8N2O4S3/c21-19(22)9-1-3-11-12-4-2-10(20(23)24)6-14(12)17(13(11)5-9)18-26-15-7-25-8-16(15)27-18/h1-8H. The van der Waals surface area contributed by atoms with Crippen molar-refractivity contribution in [2.24, 2.45) is 0 Å². The molecule has 27 heavy (non-hydrogen) atoms. The third kappa shape index (κ3) is 2.50. The molecule has 0 amide bonds. The monoisotopic (exact) mass is 412 g/mol. The summed E-state index contributed by atoms with van der Waals surface area (Å²) < 4.78 is 0.994. The summed E-state index contributed by atoms with van der Waals surface area (Å²) in [5.41, 5.74) is 4.09. The van der Waals surface area contributed by atoms with Gasteiger partial charge < -0.3 is 0 Å². The SMILES string of the molecule is O=[N+]([O-])c1ccc2c(c1)C(=C1Sc3cscc3S1)c1cc([N+](=O)[O-])ccc1-2. The molecule has 0 radical (unpaired) electrons. The third-order valence-electron chi connectivity index (χ3n) is 4.46. The predicted molar refractivity (Wildman–Crippen MR) is 107 cm³/mol. The Morgan fingerprint density at radius 1 is 0.704 bits per heavy atom. The first-order valence-electron chi connectivity index (χ1n) is 7.77. The van der Waals surface area contributed by atoms with Crippen molar-refractivity contribution in [1.82, 2.24) is 0 Å². The maximum atomic E-state index is 11.3.